The number of carbonyl (C=O) groups excluding carboxylic acids is 1. The van der Waals surface area contributed by atoms with E-state index in [1.54, 1.807) is 13.0 Å². The van der Waals surface area contributed by atoms with Crippen molar-refractivity contribution in [2.45, 2.75) is 33.2 Å². The Hall–Kier alpha value is -1.69. The number of fused-ring (bicyclic) bond motifs is 1. The normalized spacial score (nSPS) is 12.6. The van der Waals surface area contributed by atoms with E-state index in [0.29, 0.717) is 16.8 Å². The number of hydrogen-bond donors (Lipinski definition) is 0. The van der Waals surface area contributed by atoms with Crippen LogP contribution in [0.15, 0.2) is 17.2 Å². The molecule has 0 radical (unpaired) electrons. The van der Waals surface area contributed by atoms with Crippen LogP contribution in [0, 0.1) is 6.92 Å². The maximum atomic E-state index is 12.3. The lowest BCUT2D eigenvalue weighted by atomic mass is 10.3. The average Bonchev–Trinajstić information content (AvgIpc) is 2.77. The number of esters is 1. The van der Waals surface area contributed by atoms with Gasteiger partial charge in [0.2, 0.25) is 0 Å². The molecule has 2 heterocycles. The first-order valence-electron chi connectivity index (χ1n) is 6.18. The maximum Gasteiger partial charge on any atom is 0.328 e. The molecule has 2 aromatic rings. The summed E-state index contributed by atoms with van der Waals surface area (Å²) in [5.41, 5.74) is -0.199. The van der Waals surface area contributed by atoms with E-state index in [-0.39, 0.29) is 5.56 Å². The third kappa shape index (κ3) is 2.68. The number of carbonyl (C=O) groups is 1. The molecule has 0 aromatic carbocycles. The molecule has 1 atom stereocenters. The quantitative estimate of drug-likeness (QED) is 0.806. The molecule has 0 spiro atoms. The molecule has 0 saturated carbocycles. The van der Waals surface area contributed by atoms with E-state index in [4.69, 9.17) is 4.74 Å². The zero-order chi connectivity index (χ0) is 14.0. The summed E-state index contributed by atoms with van der Waals surface area (Å²) in [5, 5.41) is 0.556. The lowest BCUT2D eigenvalue weighted by molar-refractivity contribution is -0.147. The van der Waals surface area contributed by atoms with E-state index in [1.807, 2.05) is 13.8 Å². The van der Waals surface area contributed by atoms with Crippen molar-refractivity contribution in [3.05, 3.63) is 27.6 Å². The highest BCUT2D eigenvalue weighted by Gasteiger charge is 2.19. The van der Waals surface area contributed by atoms with Gasteiger partial charge in [-0.2, -0.15) is 0 Å². The summed E-state index contributed by atoms with van der Waals surface area (Å²) in [5.74, 6) is -0.406. The summed E-state index contributed by atoms with van der Waals surface area (Å²) >= 11 is 1.47. The Kier molecular flexibility index (Phi) is 3.99. The number of thiophene rings is 1. The molecular formula is C13H16N2O3S. The summed E-state index contributed by atoms with van der Waals surface area (Å²) in [6.45, 7) is 5.86. The van der Waals surface area contributed by atoms with Gasteiger partial charge < -0.3 is 4.74 Å². The third-order valence-electron chi connectivity index (χ3n) is 2.81. The molecule has 2 rings (SSSR count). The van der Waals surface area contributed by atoms with Crippen molar-refractivity contribution in [1.29, 1.82) is 0 Å². The summed E-state index contributed by atoms with van der Waals surface area (Å²) < 4.78 is 6.38. The standard InChI is InChI=1S/C13H16N2O3S/c1-4-5-18-13(17)9(3)15-7-14-11-10(12(15)16)6-8(2)19-11/h6-7,9H,4-5H2,1-3H3. The van der Waals surface area contributed by atoms with Crippen LogP contribution in [0.2, 0.25) is 0 Å². The topological polar surface area (TPSA) is 61.2 Å². The number of aryl methyl sites for hydroxylation is 1. The lowest BCUT2D eigenvalue weighted by Gasteiger charge is -2.13. The molecule has 0 amide bonds. The van der Waals surface area contributed by atoms with Crippen LogP contribution in [0.1, 0.15) is 31.2 Å². The van der Waals surface area contributed by atoms with Crippen molar-refractivity contribution in [1.82, 2.24) is 9.55 Å². The highest BCUT2D eigenvalue weighted by atomic mass is 32.1. The van der Waals surface area contributed by atoms with Crippen LogP contribution in [0.3, 0.4) is 0 Å². The molecule has 102 valence electrons. The second kappa shape index (κ2) is 5.52. The van der Waals surface area contributed by atoms with Crippen molar-refractivity contribution in [2.75, 3.05) is 6.61 Å². The Balaban J connectivity index is 2.37. The van der Waals surface area contributed by atoms with Gasteiger partial charge in [0.15, 0.2) is 0 Å². The molecule has 19 heavy (non-hydrogen) atoms. The first-order chi connectivity index (χ1) is 9.04. The van der Waals surface area contributed by atoms with Crippen molar-refractivity contribution >= 4 is 27.5 Å². The van der Waals surface area contributed by atoms with Gasteiger partial charge in [0, 0.05) is 4.88 Å². The predicted octanol–water partition coefficient (Wildman–Crippen LogP) is 2.28. The fourth-order valence-corrected chi connectivity index (χ4v) is 2.61. The summed E-state index contributed by atoms with van der Waals surface area (Å²) in [6.07, 6.45) is 2.17. The van der Waals surface area contributed by atoms with E-state index >= 15 is 0 Å². The van der Waals surface area contributed by atoms with Crippen molar-refractivity contribution < 1.29 is 9.53 Å². The first-order valence-corrected chi connectivity index (χ1v) is 7.00. The Labute approximate surface area is 114 Å². The molecule has 0 saturated heterocycles. The van der Waals surface area contributed by atoms with Crippen LogP contribution in [0.4, 0.5) is 0 Å². The van der Waals surface area contributed by atoms with Gasteiger partial charge in [0.25, 0.3) is 5.56 Å². The van der Waals surface area contributed by atoms with Gasteiger partial charge in [-0.15, -0.1) is 11.3 Å². The molecule has 2 aromatic heterocycles. The van der Waals surface area contributed by atoms with E-state index in [1.165, 1.54) is 22.2 Å². The summed E-state index contributed by atoms with van der Waals surface area (Å²) in [4.78, 5) is 30.0. The molecular weight excluding hydrogens is 264 g/mol. The monoisotopic (exact) mass is 280 g/mol. The van der Waals surface area contributed by atoms with Crippen molar-refractivity contribution in [3.63, 3.8) is 0 Å². The molecule has 0 fully saturated rings. The molecule has 0 N–H and O–H groups in total. The van der Waals surface area contributed by atoms with Gasteiger partial charge in [-0.1, -0.05) is 6.92 Å². The molecule has 0 aliphatic carbocycles. The van der Waals surface area contributed by atoms with Gasteiger partial charge in [0.1, 0.15) is 10.9 Å². The van der Waals surface area contributed by atoms with Crippen LogP contribution in [0.5, 0.6) is 0 Å². The van der Waals surface area contributed by atoms with Gasteiger partial charge in [-0.3, -0.25) is 9.36 Å². The average molecular weight is 280 g/mol. The Morgan fingerprint density at radius 1 is 1.58 bits per heavy atom. The number of aromatic nitrogens is 2. The van der Waals surface area contributed by atoms with Crippen LogP contribution < -0.4 is 5.56 Å². The first kappa shape index (κ1) is 13.7. The van der Waals surface area contributed by atoms with E-state index < -0.39 is 12.0 Å². The fourth-order valence-electron chi connectivity index (χ4n) is 1.77. The Morgan fingerprint density at radius 2 is 2.32 bits per heavy atom. The molecule has 0 bridgehead atoms. The lowest BCUT2D eigenvalue weighted by Crippen LogP contribution is -2.29. The summed E-state index contributed by atoms with van der Waals surface area (Å²) in [7, 11) is 0. The predicted molar refractivity (Wildman–Crippen MR) is 74.6 cm³/mol. The van der Waals surface area contributed by atoms with Crippen LogP contribution in [-0.2, 0) is 9.53 Å². The minimum Gasteiger partial charge on any atom is -0.464 e. The highest BCUT2D eigenvalue weighted by molar-refractivity contribution is 7.18. The number of hydrogen-bond acceptors (Lipinski definition) is 5. The number of ether oxygens (including phenoxy) is 1. The maximum absolute atomic E-state index is 12.3. The Bertz CT molecular complexity index is 659. The minimum atomic E-state index is -0.656. The molecule has 1 unspecified atom stereocenters. The van der Waals surface area contributed by atoms with Crippen LogP contribution in [-0.4, -0.2) is 22.1 Å². The molecule has 0 aliphatic heterocycles. The number of rotatable bonds is 4. The zero-order valence-corrected chi connectivity index (χ0v) is 12.0. The molecule has 5 nitrogen and oxygen atoms in total. The zero-order valence-electron chi connectivity index (χ0n) is 11.2. The van der Waals surface area contributed by atoms with Crippen LogP contribution in [0.25, 0.3) is 10.2 Å². The van der Waals surface area contributed by atoms with Gasteiger partial charge >= 0.3 is 5.97 Å². The Morgan fingerprint density at radius 3 is 3.00 bits per heavy atom. The second-order valence-electron chi connectivity index (χ2n) is 4.38. The third-order valence-corrected chi connectivity index (χ3v) is 3.77. The summed E-state index contributed by atoms with van der Waals surface area (Å²) in [6, 6.07) is 1.15. The fraction of sp³-hybridized carbons (Fsp3) is 0.462. The van der Waals surface area contributed by atoms with Gasteiger partial charge in [-0.25, -0.2) is 9.78 Å². The van der Waals surface area contributed by atoms with E-state index in [2.05, 4.69) is 4.98 Å². The van der Waals surface area contributed by atoms with Crippen molar-refractivity contribution in [2.24, 2.45) is 0 Å². The van der Waals surface area contributed by atoms with Gasteiger partial charge in [0.05, 0.1) is 18.3 Å². The van der Waals surface area contributed by atoms with E-state index in [9.17, 15) is 9.59 Å². The minimum absolute atomic E-state index is 0.199. The second-order valence-corrected chi connectivity index (χ2v) is 5.61. The van der Waals surface area contributed by atoms with E-state index in [0.717, 1.165) is 11.3 Å². The van der Waals surface area contributed by atoms with Crippen LogP contribution >= 0.6 is 11.3 Å². The molecule has 6 heteroatoms. The highest BCUT2D eigenvalue weighted by Crippen LogP contribution is 2.20. The number of nitrogens with zero attached hydrogens (tertiary/aromatic N) is 2. The molecule has 0 aliphatic rings. The SMILES string of the molecule is CCCOC(=O)C(C)n1cnc2sc(C)cc2c1=O. The van der Waals surface area contributed by atoms with Gasteiger partial charge in [-0.05, 0) is 26.3 Å². The largest absolute Gasteiger partial charge is 0.464 e. The van der Waals surface area contributed by atoms with Crippen molar-refractivity contribution in [3.8, 4) is 0 Å². The smallest absolute Gasteiger partial charge is 0.328 e.